The Labute approximate surface area is 130 Å². The van der Waals surface area contributed by atoms with Crippen LogP contribution in [0.25, 0.3) is 0 Å². The van der Waals surface area contributed by atoms with Gasteiger partial charge in [0.25, 0.3) is 0 Å². The van der Waals surface area contributed by atoms with Crippen LogP contribution < -0.4 is 5.73 Å². The Balaban J connectivity index is 2.21. The van der Waals surface area contributed by atoms with Crippen LogP contribution in [0.4, 0.5) is 0 Å². The summed E-state index contributed by atoms with van der Waals surface area (Å²) in [4.78, 5) is 0. The first-order valence-electron chi connectivity index (χ1n) is 5.82. The minimum absolute atomic E-state index is 0.0240. The molecule has 0 saturated heterocycles. The van der Waals surface area contributed by atoms with E-state index >= 15 is 0 Å². The molecular formula is C15H15BrIN. The average molecular weight is 416 g/mol. The van der Waals surface area contributed by atoms with Crippen molar-refractivity contribution in [3.05, 3.63) is 67.2 Å². The third kappa shape index (κ3) is 3.56. The highest BCUT2D eigenvalue weighted by molar-refractivity contribution is 14.1. The molecule has 0 fully saturated rings. The summed E-state index contributed by atoms with van der Waals surface area (Å²) in [7, 11) is 0. The van der Waals surface area contributed by atoms with Crippen LogP contribution in [0.2, 0.25) is 0 Å². The van der Waals surface area contributed by atoms with Crippen LogP contribution >= 0.6 is 38.5 Å². The smallest absolute Gasteiger partial charge is 0.0347 e. The molecule has 0 radical (unpaired) electrons. The summed E-state index contributed by atoms with van der Waals surface area (Å²) in [5.74, 6) is 0. The van der Waals surface area contributed by atoms with Gasteiger partial charge in [0.2, 0.25) is 0 Å². The van der Waals surface area contributed by atoms with Crippen molar-refractivity contribution >= 4 is 38.5 Å². The van der Waals surface area contributed by atoms with E-state index < -0.39 is 0 Å². The van der Waals surface area contributed by atoms with Gasteiger partial charge in [-0.2, -0.15) is 0 Å². The van der Waals surface area contributed by atoms with Gasteiger partial charge >= 0.3 is 0 Å². The number of aryl methyl sites for hydroxylation is 1. The molecule has 2 rings (SSSR count). The molecule has 0 aliphatic carbocycles. The second-order valence-electron chi connectivity index (χ2n) is 4.47. The van der Waals surface area contributed by atoms with Gasteiger partial charge in [0.15, 0.2) is 0 Å². The van der Waals surface area contributed by atoms with Gasteiger partial charge in [-0.1, -0.05) is 45.8 Å². The number of hydrogen-bond donors (Lipinski definition) is 1. The molecule has 94 valence electrons. The van der Waals surface area contributed by atoms with Crippen molar-refractivity contribution in [3.8, 4) is 0 Å². The Morgan fingerprint density at radius 1 is 1.22 bits per heavy atom. The van der Waals surface area contributed by atoms with Gasteiger partial charge in [0.1, 0.15) is 0 Å². The second kappa shape index (κ2) is 6.17. The molecule has 0 bridgehead atoms. The van der Waals surface area contributed by atoms with Crippen LogP contribution in [-0.2, 0) is 6.42 Å². The quantitative estimate of drug-likeness (QED) is 0.728. The maximum atomic E-state index is 6.31. The normalized spacial score (nSPS) is 12.4. The Kier molecular flexibility index (Phi) is 4.81. The summed E-state index contributed by atoms with van der Waals surface area (Å²) < 4.78 is 2.30. The molecule has 0 heterocycles. The minimum Gasteiger partial charge on any atom is -0.324 e. The van der Waals surface area contributed by atoms with Gasteiger partial charge in [-0.25, -0.2) is 0 Å². The first-order chi connectivity index (χ1) is 8.56. The molecule has 0 aromatic heterocycles. The predicted octanol–water partition coefficient (Wildman–Crippen LogP) is 4.60. The Morgan fingerprint density at radius 3 is 2.72 bits per heavy atom. The largest absolute Gasteiger partial charge is 0.324 e. The molecule has 2 aromatic rings. The van der Waals surface area contributed by atoms with Gasteiger partial charge in [-0.3, -0.25) is 0 Å². The third-order valence-corrected chi connectivity index (χ3v) is 4.29. The van der Waals surface area contributed by atoms with Crippen LogP contribution in [0.1, 0.15) is 22.7 Å². The van der Waals surface area contributed by atoms with Crippen LogP contribution in [0.15, 0.2) is 46.9 Å². The van der Waals surface area contributed by atoms with E-state index in [1.165, 1.54) is 20.3 Å². The zero-order valence-electron chi connectivity index (χ0n) is 10.2. The molecule has 2 aromatic carbocycles. The first kappa shape index (κ1) is 14.0. The van der Waals surface area contributed by atoms with E-state index in [1.54, 1.807) is 0 Å². The molecule has 1 nitrogen and oxygen atoms in total. The highest BCUT2D eigenvalue weighted by Crippen LogP contribution is 2.26. The summed E-state index contributed by atoms with van der Waals surface area (Å²) in [6.07, 6.45) is 0.861. The summed E-state index contributed by atoms with van der Waals surface area (Å²) in [6.45, 7) is 2.11. The lowest BCUT2D eigenvalue weighted by Crippen LogP contribution is -2.14. The van der Waals surface area contributed by atoms with Crippen molar-refractivity contribution < 1.29 is 0 Å². The van der Waals surface area contributed by atoms with Crippen molar-refractivity contribution in [2.45, 2.75) is 19.4 Å². The SMILES string of the molecule is Cc1cccc(CC(N)c2cc(I)ccc2Br)c1. The first-order valence-corrected chi connectivity index (χ1v) is 7.69. The molecule has 0 saturated carbocycles. The molecule has 2 N–H and O–H groups in total. The fourth-order valence-corrected chi connectivity index (χ4v) is 3.06. The van der Waals surface area contributed by atoms with Gasteiger partial charge in [-0.15, -0.1) is 0 Å². The molecule has 18 heavy (non-hydrogen) atoms. The molecule has 0 aliphatic heterocycles. The topological polar surface area (TPSA) is 26.0 Å². The number of rotatable bonds is 3. The van der Waals surface area contributed by atoms with E-state index in [0.717, 1.165) is 10.9 Å². The predicted molar refractivity (Wildman–Crippen MR) is 88.7 cm³/mol. The van der Waals surface area contributed by atoms with Crippen molar-refractivity contribution in [1.29, 1.82) is 0 Å². The van der Waals surface area contributed by atoms with E-state index in [4.69, 9.17) is 5.73 Å². The molecule has 0 amide bonds. The van der Waals surface area contributed by atoms with E-state index in [2.05, 4.69) is 87.9 Å². The van der Waals surface area contributed by atoms with Crippen LogP contribution in [-0.4, -0.2) is 0 Å². The maximum absolute atomic E-state index is 6.31. The summed E-state index contributed by atoms with van der Waals surface area (Å²) in [6, 6.07) is 14.8. The summed E-state index contributed by atoms with van der Waals surface area (Å²) >= 11 is 5.89. The van der Waals surface area contributed by atoms with Crippen LogP contribution in [0.5, 0.6) is 0 Å². The standard InChI is InChI=1S/C15H15BrIN/c1-10-3-2-4-11(7-10)8-15(18)13-9-12(17)5-6-14(13)16/h2-7,9,15H,8,18H2,1H3. The zero-order chi connectivity index (χ0) is 13.1. The average Bonchev–Trinajstić information content (AvgIpc) is 2.32. The lowest BCUT2D eigenvalue weighted by molar-refractivity contribution is 0.717. The van der Waals surface area contributed by atoms with Crippen molar-refractivity contribution in [2.24, 2.45) is 5.73 Å². The Morgan fingerprint density at radius 2 is 2.00 bits per heavy atom. The molecule has 3 heteroatoms. The van der Waals surface area contributed by atoms with Crippen LogP contribution in [0.3, 0.4) is 0 Å². The molecule has 0 spiro atoms. The molecule has 1 unspecified atom stereocenters. The molecule has 0 aliphatic rings. The lowest BCUT2D eigenvalue weighted by atomic mass is 9.99. The number of benzene rings is 2. The summed E-state index contributed by atoms with van der Waals surface area (Å²) in [5, 5.41) is 0. The van der Waals surface area contributed by atoms with Gasteiger partial charge in [-0.05, 0) is 65.3 Å². The minimum atomic E-state index is 0.0240. The fraction of sp³-hybridized carbons (Fsp3) is 0.200. The van der Waals surface area contributed by atoms with E-state index in [0.29, 0.717) is 0 Å². The van der Waals surface area contributed by atoms with E-state index in [9.17, 15) is 0 Å². The van der Waals surface area contributed by atoms with Crippen LogP contribution in [0, 0.1) is 10.5 Å². The van der Waals surface area contributed by atoms with Gasteiger partial charge in [0, 0.05) is 14.1 Å². The second-order valence-corrected chi connectivity index (χ2v) is 6.57. The lowest BCUT2D eigenvalue weighted by Gasteiger charge is -2.15. The molecule has 1 atom stereocenters. The number of hydrogen-bond acceptors (Lipinski definition) is 1. The highest BCUT2D eigenvalue weighted by Gasteiger charge is 2.11. The van der Waals surface area contributed by atoms with E-state index in [-0.39, 0.29) is 6.04 Å². The van der Waals surface area contributed by atoms with Gasteiger partial charge in [0.05, 0.1) is 0 Å². The Hall–Kier alpha value is -0.390. The summed E-state index contributed by atoms with van der Waals surface area (Å²) in [5.41, 5.74) is 10.0. The zero-order valence-corrected chi connectivity index (χ0v) is 13.9. The number of halogens is 2. The maximum Gasteiger partial charge on any atom is 0.0347 e. The number of nitrogens with two attached hydrogens (primary N) is 1. The van der Waals surface area contributed by atoms with Crippen molar-refractivity contribution in [3.63, 3.8) is 0 Å². The van der Waals surface area contributed by atoms with E-state index in [1.807, 2.05) is 0 Å². The monoisotopic (exact) mass is 415 g/mol. The third-order valence-electron chi connectivity index (χ3n) is 2.90. The highest BCUT2D eigenvalue weighted by atomic mass is 127. The Bertz CT molecular complexity index is 554. The van der Waals surface area contributed by atoms with Gasteiger partial charge < -0.3 is 5.73 Å². The van der Waals surface area contributed by atoms with Crippen molar-refractivity contribution in [1.82, 2.24) is 0 Å². The fourth-order valence-electron chi connectivity index (χ4n) is 2.00. The molecular weight excluding hydrogens is 401 g/mol. The van der Waals surface area contributed by atoms with Crippen molar-refractivity contribution in [2.75, 3.05) is 0 Å².